The van der Waals surface area contributed by atoms with Crippen LogP contribution in [0.5, 0.6) is 0 Å². The van der Waals surface area contributed by atoms with E-state index in [2.05, 4.69) is 5.43 Å². The Bertz CT molecular complexity index is 443. The van der Waals surface area contributed by atoms with E-state index in [9.17, 15) is 22.8 Å². The van der Waals surface area contributed by atoms with Gasteiger partial charge in [0.2, 0.25) is 0 Å². The van der Waals surface area contributed by atoms with Crippen LogP contribution in [0.4, 0.5) is 18.0 Å². The van der Waals surface area contributed by atoms with Crippen LogP contribution < -0.4 is 10.9 Å². The summed E-state index contributed by atoms with van der Waals surface area (Å²) in [5.41, 5.74) is 3.06. The minimum absolute atomic E-state index is 0.0580. The Balaban J connectivity index is 2.62. The molecule has 8 heteroatoms. The summed E-state index contributed by atoms with van der Waals surface area (Å²) in [6.07, 6.45) is -5.82. The Morgan fingerprint density at radius 2 is 1.72 bits per heavy atom. The van der Waals surface area contributed by atoms with Crippen molar-refractivity contribution in [1.82, 2.24) is 10.9 Å². The highest BCUT2D eigenvalue weighted by molar-refractivity contribution is 5.97. The van der Waals surface area contributed by atoms with Gasteiger partial charge in [-0.1, -0.05) is 12.1 Å². The van der Waals surface area contributed by atoms with Crippen molar-refractivity contribution in [3.8, 4) is 0 Å². The molecule has 1 amide bonds. The minimum Gasteiger partial charge on any atom is -0.464 e. The zero-order chi connectivity index (χ0) is 13.8. The van der Waals surface area contributed by atoms with Crippen molar-refractivity contribution >= 4 is 11.9 Å². The maximum atomic E-state index is 12.2. The van der Waals surface area contributed by atoms with Gasteiger partial charge in [-0.2, -0.15) is 13.2 Å². The number of nitrogens with one attached hydrogen (secondary N) is 2. The van der Waals surface area contributed by atoms with E-state index < -0.39 is 23.6 Å². The van der Waals surface area contributed by atoms with Crippen LogP contribution in [-0.2, 0) is 6.18 Å². The fraction of sp³-hybridized carbons (Fsp3) is 0.200. The van der Waals surface area contributed by atoms with Gasteiger partial charge in [-0.25, -0.2) is 10.2 Å². The molecule has 0 saturated carbocycles. The quantitative estimate of drug-likeness (QED) is 0.569. The van der Waals surface area contributed by atoms with Crippen LogP contribution in [0.25, 0.3) is 0 Å². The van der Waals surface area contributed by atoms with Gasteiger partial charge >= 0.3 is 12.3 Å². The van der Waals surface area contributed by atoms with E-state index in [4.69, 9.17) is 5.11 Å². The Morgan fingerprint density at radius 3 is 2.17 bits per heavy atom. The van der Waals surface area contributed by atoms with Gasteiger partial charge in [0.25, 0.3) is 0 Å². The Morgan fingerprint density at radius 1 is 1.17 bits per heavy atom. The fourth-order valence-electron chi connectivity index (χ4n) is 1.15. The number of carboxylic acid groups (broad SMARTS) is 1. The van der Waals surface area contributed by atoms with Gasteiger partial charge < -0.3 is 5.11 Å². The van der Waals surface area contributed by atoms with E-state index in [0.29, 0.717) is 0 Å². The molecule has 1 rings (SSSR count). The Hall–Kier alpha value is -2.09. The van der Waals surface area contributed by atoms with Crippen LogP contribution >= 0.6 is 0 Å². The first-order valence-corrected chi connectivity index (χ1v) is 4.73. The van der Waals surface area contributed by atoms with Gasteiger partial charge in [-0.15, -0.1) is 0 Å². The summed E-state index contributed by atoms with van der Waals surface area (Å²) in [7, 11) is 0. The molecule has 0 aliphatic heterocycles. The van der Waals surface area contributed by atoms with Crippen molar-refractivity contribution in [3.63, 3.8) is 0 Å². The standard InChI is InChI=1S/C10H9F3N2O3/c11-10(12,13)7-3-1-6(2-4-7)8(16)5-14-15-9(17)18/h1-4,14-15H,5H2,(H,17,18). The van der Waals surface area contributed by atoms with E-state index in [-0.39, 0.29) is 12.1 Å². The van der Waals surface area contributed by atoms with Crippen LogP contribution in [0.3, 0.4) is 0 Å². The van der Waals surface area contributed by atoms with Gasteiger partial charge in [0.05, 0.1) is 12.1 Å². The zero-order valence-corrected chi connectivity index (χ0v) is 8.91. The number of ketones is 1. The summed E-state index contributed by atoms with van der Waals surface area (Å²) >= 11 is 0. The monoisotopic (exact) mass is 262 g/mol. The van der Waals surface area contributed by atoms with Crippen molar-refractivity contribution in [2.45, 2.75) is 6.18 Å². The smallest absolute Gasteiger partial charge is 0.419 e. The summed E-state index contributed by atoms with van der Waals surface area (Å²) in [6, 6.07) is 3.65. The third-order valence-electron chi connectivity index (χ3n) is 1.98. The maximum Gasteiger partial charge on any atom is 0.419 e. The molecular formula is C10H9F3N2O3. The largest absolute Gasteiger partial charge is 0.464 e. The van der Waals surface area contributed by atoms with Gasteiger partial charge in [-0.05, 0) is 12.1 Å². The van der Waals surface area contributed by atoms with Gasteiger partial charge in [0.1, 0.15) is 0 Å². The summed E-state index contributed by atoms with van der Waals surface area (Å²) < 4.78 is 36.7. The van der Waals surface area contributed by atoms with Gasteiger partial charge in [0, 0.05) is 5.56 Å². The number of benzene rings is 1. The lowest BCUT2D eigenvalue weighted by molar-refractivity contribution is -0.137. The highest BCUT2D eigenvalue weighted by atomic mass is 19.4. The van der Waals surface area contributed by atoms with Crippen LogP contribution in [0.1, 0.15) is 15.9 Å². The molecule has 0 atom stereocenters. The summed E-state index contributed by atoms with van der Waals surface area (Å²) in [5.74, 6) is -0.530. The van der Waals surface area contributed by atoms with E-state index in [1.807, 2.05) is 0 Å². The number of carbonyl (C=O) groups is 2. The highest BCUT2D eigenvalue weighted by Gasteiger charge is 2.30. The minimum atomic E-state index is -4.45. The molecule has 0 aromatic heterocycles. The zero-order valence-electron chi connectivity index (χ0n) is 8.91. The summed E-state index contributed by atoms with van der Waals surface area (Å²) in [6.45, 7) is -0.350. The molecule has 0 radical (unpaired) electrons. The first-order chi connectivity index (χ1) is 8.30. The van der Waals surface area contributed by atoms with Crippen LogP contribution in [0, 0.1) is 0 Å². The van der Waals surface area contributed by atoms with Crippen molar-refractivity contribution in [2.24, 2.45) is 0 Å². The number of hydrazine groups is 1. The van der Waals surface area contributed by atoms with Crippen LogP contribution in [-0.4, -0.2) is 23.5 Å². The average molecular weight is 262 g/mol. The van der Waals surface area contributed by atoms with E-state index in [0.717, 1.165) is 24.3 Å². The Kier molecular flexibility index (Phi) is 4.27. The topological polar surface area (TPSA) is 78.4 Å². The van der Waals surface area contributed by atoms with Crippen molar-refractivity contribution in [2.75, 3.05) is 6.54 Å². The third kappa shape index (κ3) is 4.06. The molecule has 0 fully saturated rings. The first kappa shape index (κ1) is 14.0. The van der Waals surface area contributed by atoms with E-state index >= 15 is 0 Å². The molecule has 0 bridgehead atoms. The lowest BCUT2D eigenvalue weighted by Crippen LogP contribution is -2.39. The molecule has 1 aromatic rings. The van der Waals surface area contributed by atoms with Crippen molar-refractivity contribution in [3.05, 3.63) is 35.4 Å². The van der Waals surface area contributed by atoms with E-state index in [1.165, 1.54) is 0 Å². The average Bonchev–Trinajstić information content (AvgIpc) is 2.27. The number of hydrogen-bond donors (Lipinski definition) is 3. The number of amides is 1. The molecular weight excluding hydrogens is 253 g/mol. The molecule has 0 unspecified atom stereocenters. The molecule has 18 heavy (non-hydrogen) atoms. The van der Waals surface area contributed by atoms with Gasteiger partial charge in [0.15, 0.2) is 5.78 Å². The number of carbonyl (C=O) groups excluding carboxylic acids is 1. The molecule has 5 nitrogen and oxygen atoms in total. The molecule has 0 spiro atoms. The van der Waals surface area contributed by atoms with Crippen molar-refractivity contribution < 1.29 is 27.9 Å². The van der Waals surface area contributed by atoms with Gasteiger partial charge in [-0.3, -0.25) is 10.2 Å². The number of Topliss-reactive ketones (excluding diaryl/α,β-unsaturated/α-hetero) is 1. The number of halogens is 3. The normalized spacial score (nSPS) is 11.1. The Labute approximate surface area is 99.6 Å². The van der Waals surface area contributed by atoms with E-state index in [1.54, 1.807) is 5.43 Å². The first-order valence-electron chi connectivity index (χ1n) is 4.73. The molecule has 3 N–H and O–H groups in total. The molecule has 0 heterocycles. The predicted molar refractivity (Wildman–Crippen MR) is 54.9 cm³/mol. The summed E-state index contributed by atoms with van der Waals surface area (Å²) in [4.78, 5) is 21.5. The number of hydrogen-bond acceptors (Lipinski definition) is 3. The second-order valence-corrected chi connectivity index (χ2v) is 3.28. The highest BCUT2D eigenvalue weighted by Crippen LogP contribution is 2.29. The third-order valence-corrected chi connectivity index (χ3v) is 1.98. The molecule has 98 valence electrons. The second kappa shape index (κ2) is 5.50. The predicted octanol–water partition coefficient (Wildman–Crippen LogP) is 1.66. The lowest BCUT2D eigenvalue weighted by Gasteiger charge is -2.07. The molecule has 0 aliphatic carbocycles. The maximum absolute atomic E-state index is 12.2. The fourth-order valence-corrected chi connectivity index (χ4v) is 1.15. The lowest BCUT2D eigenvalue weighted by atomic mass is 10.1. The molecule has 0 aliphatic rings. The van der Waals surface area contributed by atoms with Crippen molar-refractivity contribution in [1.29, 1.82) is 0 Å². The van der Waals surface area contributed by atoms with Crippen LogP contribution in [0.15, 0.2) is 24.3 Å². The SMILES string of the molecule is O=C(O)NNCC(=O)c1ccc(C(F)(F)F)cc1. The van der Waals surface area contributed by atoms with Crippen LogP contribution in [0.2, 0.25) is 0 Å². The number of alkyl halides is 3. The number of rotatable bonds is 4. The second-order valence-electron chi connectivity index (χ2n) is 3.28. The molecule has 1 aromatic carbocycles. The summed E-state index contributed by atoms with van der Waals surface area (Å²) in [5, 5.41) is 8.21. The molecule has 0 saturated heterocycles.